The zero-order valence-electron chi connectivity index (χ0n) is 9.97. The van der Waals surface area contributed by atoms with E-state index in [0.717, 1.165) is 0 Å². The largest absolute Gasteiger partial charge is 0.367 e. The number of hydrogen-bond acceptors (Lipinski definition) is 5. The molecule has 0 spiro atoms. The van der Waals surface area contributed by atoms with E-state index in [-0.39, 0.29) is 17.9 Å². The number of anilines is 1. The number of thiazole rings is 1. The lowest BCUT2D eigenvalue weighted by atomic mass is 10.2. The third kappa shape index (κ3) is 4.25. The summed E-state index contributed by atoms with van der Waals surface area (Å²) >= 11 is 6.53. The van der Waals surface area contributed by atoms with Crippen LogP contribution in [0, 0.1) is 0 Å². The second kappa shape index (κ2) is 6.67. The minimum atomic E-state index is -0.914. The van der Waals surface area contributed by atoms with Gasteiger partial charge in [0.15, 0.2) is 11.2 Å². The molecule has 0 radical (unpaired) electrons. The van der Waals surface area contributed by atoms with Gasteiger partial charge in [0.05, 0.1) is 11.8 Å². The molecule has 0 bridgehead atoms. The number of nitrogens with one attached hydrogen (secondary N) is 1. The van der Waals surface area contributed by atoms with Gasteiger partial charge in [0.2, 0.25) is 5.91 Å². The number of nitrogens with zero attached hydrogens (tertiary/aromatic N) is 1. The molecule has 0 fully saturated rings. The van der Waals surface area contributed by atoms with Crippen LogP contribution in [0.3, 0.4) is 0 Å². The molecule has 8 heteroatoms. The van der Waals surface area contributed by atoms with Crippen molar-refractivity contribution in [3.05, 3.63) is 11.1 Å². The first-order chi connectivity index (χ1) is 8.43. The van der Waals surface area contributed by atoms with E-state index in [1.165, 1.54) is 11.3 Å². The van der Waals surface area contributed by atoms with Crippen molar-refractivity contribution in [2.75, 3.05) is 11.2 Å². The molecule has 6 nitrogen and oxygen atoms in total. The number of halogens is 1. The highest BCUT2D eigenvalue weighted by Gasteiger charge is 2.23. The van der Waals surface area contributed by atoms with Gasteiger partial charge in [0.1, 0.15) is 5.88 Å². The van der Waals surface area contributed by atoms with Crippen molar-refractivity contribution in [3.8, 4) is 0 Å². The van der Waals surface area contributed by atoms with E-state index in [1.807, 2.05) is 0 Å². The highest BCUT2D eigenvalue weighted by molar-refractivity contribution is 7.14. The molecule has 1 aromatic heterocycles. The molecule has 3 N–H and O–H groups in total. The highest BCUT2D eigenvalue weighted by atomic mass is 35.5. The lowest BCUT2D eigenvalue weighted by molar-refractivity contribution is -0.133. The summed E-state index contributed by atoms with van der Waals surface area (Å²) in [5.41, 5.74) is 5.63. The zero-order valence-corrected chi connectivity index (χ0v) is 11.5. The Morgan fingerprint density at radius 2 is 2.28 bits per heavy atom. The molecule has 0 saturated heterocycles. The van der Waals surface area contributed by atoms with Crippen LogP contribution in [0.1, 0.15) is 25.6 Å². The van der Waals surface area contributed by atoms with Crippen molar-refractivity contribution in [2.24, 2.45) is 5.73 Å². The minimum absolute atomic E-state index is 0.156. The van der Waals surface area contributed by atoms with Crippen LogP contribution in [0.25, 0.3) is 0 Å². The van der Waals surface area contributed by atoms with Crippen molar-refractivity contribution < 1.29 is 14.3 Å². The van der Waals surface area contributed by atoms with Gasteiger partial charge in [-0.3, -0.25) is 9.59 Å². The quantitative estimate of drug-likeness (QED) is 0.772. The van der Waals surface area contributed by atoms with Gasteiger partial charge in [-0.25, -0.2) is 4.98 Å². The van der Waals surface area contributed by atoms with Gasteiger partial charge in [0, 0.05) is 5.38 Å². The fraction of sp³-hybridized carbons (Fsp3) is 0.500. The van der Waals surface area contributed by atoms with Crippen molar-refractivity contribution >= 4 is 39.9 Å². The second-order valence-electron chi connectivity index (χ2n) is 3.73. The number of hydrogen-bond donors (Lipinski definition) is 2. The van der Waals surface area contributed by atoms with Gasteiger partial charge in [-0.1, -0.05) is 0 Å². The molecule has 1 aromatic rings. The maximum Gasteiger partial charge on any atom is 0.252 e. The summed E-state index contributed by atoms with van der Waals surface area (Å²) in [5, 5.41) is 4.46. The Bertz CT molecular complexity index is 436. The first-order valence-corrected chi connectivity index (χ1v) is 6.61. The molecule has 0 aromatic carbocycles. The maximum atomic E-state index is 11.3. The summed E-state index contributed by atoms with van der Waals surface area (Å²) < 4.78 is 5.37. The van der Waals surface area contributed by atoms with Crippen LogP contribution in [0.2, 0.25) is 0 Å². The van der Waals surface area contributed by atoms with Crippen LogP contribution in [-0.2, 0) is 14.3 Å². The normalized spacial score (nSPS) is 12.4. The number of amides is 2. The summed E-state index contributed by atoms with van der Waals surface area (Å²) in [7, 11) is 0. The van der Waals surface area contributed by atoms with Crippen molar-refractivity contribution in [1.82, 2.24) is 4.98 Å². The predicted octanol–water partition coefficient (Wildman–Crippen LogP) is 1.27. The molecule has 1 rings (SSSR count). The monoisotopic (exact) mass is 291 g/mol. The van der Waals surface area contributed by atoms with E-state index in [2.05, 4.69) is 10.3 Å². The fourth-order valence-electron chi connectivity index (χ4n) is 1.17. The average molecular weight is 292 g/mol. The molecular formula is C10H14ClN3O3S. The van der Waals surface area contributed by atoms with E-state index in [0.29, 0.717) is 10.8 Å². The molecular weight excluding hydrogens is 278 g/mol. The van der Waals surface area contributed by atoms with Crippen LogP contribution >= 0.6 is 22.9 Å². The maximum absolute atomic E-state index is 11.3. The Hall–Kier alpha value is -1.18. The van der Waals surface area contributed by atoms with Crippen molar-refractivity contribution in [2.45, 2.75) is 26.1 Å². The summed E-state index contributed by atoms with van der Waals surface area (Å²) in [6.07, 6.45) is -1.08. The summed E-state index contributed by atoms with van der Waals surface area (Å²) in [6, 6.07) is 0. The number of carbonyl (C=O) groups excluding carboxylic acids is 2. The molecule has 100 valence electrons. The van der Waals surface area contributed by atoms with Crippen LogP contribution in [0.5, 0.6) is 0 Å². The second-order valence-corrected chi connectivity index (χ2v) is 4.85. The van der Waals surface area contributed by atoms with E-state index < -0.39 is 12.0 Å². The summed E-state index contributed by atoms with van der Waals surface area (Å²) in [5.74, 6) is -1.14. The zero-order chi connectivity index (χ0) is 13.7. The molecule has 1 unspecified atom stereocenters. The van der Waals surface area contributed by atoms with E-state index in [4.69, 9.17) is 22.1 Å². The first-order valence-electron chi connectivity index (χ1n) is 5.20. The predicted molar refractivity (Wildman–Crippen MR) is 69.6 cm³/mol. The number of alkyl halides is 1. The minimum Gasteiger partial charge on any atom is -0.367 e. The van der Waals surface area contributed by atoms with Crippen LogP contribution in [-0.4, -0.2) is 28.8 Å². The van der Waals surface area contributed by atoms with Gasteiger partial charge >= 0.3 is 0 Å². The summed E-state index contributed by atoms with van der Waals surface area (Å²) in [4.78, 5) is 26.4. The Balaban J connectivity index is 2.81. The lowest BCUT2D eigenvalue weighted by Gasteiger charge is -2.15. The highest BCUT2D eigenvalue weighted by Crippen LogP contribution is 2.24. The molecule has 0 aliphatic rings. The summed E-state index contributed by atoms with van der Waals surface area (Å²) in [6.45, 7) is 3.58. The number of nitrogens with two attached hydrogens (primary N) is 1. The number of ether oxygens (including phenoxy) is 1. The number of aromatic nitrogens is 1. The standard InChI is InChI=1S/C10H14ClN3O3S/c1-5(2)17-8(9(12)16)6-4-18-10(13-6)14-7(15)3-11/h4-5,8H,3H2,1-2H3,(H2,12,16)(H,13,14,15). The Morgan fingerprint density at radius 3 is 2.78 bits per heavy atom. The molecule has 0 aliphatic heterocycles. The molecule has 18 heavy (non-hydrogen) atoms. The number of carbonyl (C=O) groups is 2. The van der Waals surface area contributed by atoms with E-state index in [9.17, 15) is 9.59 Å². The van der Waals surface area contributed by atoms with Crippen LogP contribution in [0.4, 0.5) is 5.13 Å². The first kappa shape index (κ1) is 14.9. The number of primary amides is 1. The van der Waals surface area contributed by atoms with Crippen molar-refractivity contribution in [3.63, 3.8) is 0 Å². The third-order valence-corrected chi connectivity index (χ3v) is 2.84. The van der Waals surface area contributed by atoms with Gasteiger partial charge in [-0.05, 0) is 13.8 Å². The van der Waals surface area contributed by atoms with Gasteiger partial charge in [0.25, 0.3) is 5.91 Å². The van der Waals surface area contributed by atoms with Crippen LogP contribution in [0.15, 0.2) is 5.38 Å². The topological polar surface area (TPSA) is 94.3 Å². The van der Waals surface area contributed by atoms with Gasteiger partial charge in [-0.2, -0.15) is 0 Å². The molecule has 2 amide bonds. The lowest BCUT2D eigenvalue weighted by Crippen LogP contribution is -2.26. The van der Waals surface area contributed by atoms with E-state index >= 15 is 0 Å². The Morgan fingerprint density at radius 1 is 1.61 bits per heavy atom. The molecule has 1 heterocycles. The Labute approximate surface area is 113 Å². The Kier molecular flexibility index (Phi) is 5.52. The van der Waals surface area contributed by atoms with E-state index in [1.54, 1.807) is 19.2 Å². The third-order valence-electron chi connectivity index (χ3n) is 1.82. The smallest absolute Gasteiger partial charge is 0.252 e. The molecule has 0 saturated carbocycles. The van der Waals surface area contributed by atoms with Crippen LogP contribution < -0.4 is 11.1 Å². The molecule has 1 atom stereocenters. The SMILES string of the molecule is CC(C)OC(C(N)=O)c1csc(NC(=O)CCl)n1. The average Bonchev–Trinajstić information content (AvgIpc) is 2.73. The van der Waals surface area contributed by atoms with Crippen molar-refractivity contribution in [1.29, 1.82) is 0 Å². The molecule has 0 aliphatic carbocycles. The number of rotatable bonds is 6. The van der Waals surface area contributed by atoms with Gasteiger partial charge < -0.3 is 15.8 Å². The van der Waals surface area contributed by atoms with Gasteiger partial charge in [-0.15, -0.1) is 22.9 Å². The fourth-order valence-corrected chi connectivity index (χ4v) is 1.98.